The van der Waals surface area contributed by atoms with Crippen molar-refractivity contribution in [1.29, 1.82) is 0 Å². The highest BCUT2D eigenvalue weighted by molar-refractivity contribution is 7.95. The highest BCUT2D eigenvalue weighted by atomic mass is 35.5. The lowest BCUT2D eigenvalue weighted by Crippen LogP contribution is -3.00. The summed E-state index contributed by atoms with van der Waals surface area (Å²) in [7, 11) is -1.89. The van der Waals surface area contributed by atoms with Crippen LogP contribution in [-0.4, -0.2) is 4.98 Å². The van der Waals surface area contributed by atoms with E-state index >= 15 is 0 Å². The van der Waals surface area contributed by atoms with Crippen LogP contribution < -0.4 is 28.3 Å². The van der Waals surface area contributed by atoms with E-state index in [2.05, 4.69) is 121 Å². The minimum Gasteiger partial charge on any atom is -1.00 e. The molecule has 5 aromatic rings. The second-order valence-electron chi connectivity index (χ2n) is 7.51. The highest BCUT2D eigenvalue weighted by Gasteiger charge is 2.45. The van der Waals surface area contributed by atoms with Crippen LogP contribution in [-0.2, 0) is 6.16 Å². The van der Waals surface area contributed by atoms with Crippen molar-refractivity contribution in [1.82, 2.24) is 4.98 Å². The van der Waals surface area contributed by atoms with E-state index in [0.29, 0.717) is 0 Å². The Morgan fingerprint density at radius 3 is 1.52 bits per heavy atom. The summed E-state index contributed by atoms with van der Waals surface area (Å²) in [6.07, 6.45) is 3.01. The molecule has 0 fully saturated rings. The van der Waals surface area contributed by atoms with Crippen molar-refractivity contribution in [3.8, 4) is 0 Å². The van der Waals surface area contributed by atoms with Gasteiger partial charge in [-0.25, -0.2) is 0 Å². The molecule has 0 atom stereocenters. The van der Waals surface area contributed by atoms with Crippen LogP contribution in [0.3, 0.4) is 0 Å². The Morgan fingerprint density at radius 2 is 1.00 bits per heavy atom. The lowest BCUT2D eigenvalue weighted by atomic mass is 10.2. The maximum absolute atomic E-state index is 4.76. The minimum absolute atomic E-state index is 0. The van der Waals surface area contributed by atoms with Crippen LogP contribution in [0.2, 0.25) is 0 Å². The highest BCUT2D eigenvalue weighted by Crippen LogP contribution is 2.58. The van der Waals surface area contributed by atoms with E-state index in [1.165, 1.54) is 26.9 Å². The number of nitrogens with zero attached hydrogens (tertiary/aromatic N) is 1. The molecule has 4 aromatic carbocycles. The van der Waals surface area contributed by atoms with Gasteiger partial charge in [0.05, 0.1) is 11.7 Å². The van der Waals surface area contributed by atoms with E-state index in [0.717, 1.165) is 11.7 Å². The molecule has 1 aromatic heterocycles. The summed E-state index contributed by atoms with van der Waals surface area (Å²) in [5.41, 5.74) is 2.32. The SMILES string of the molecule is [Cl-].c1ccc([P+](Cc2cnc3ccccc3c2)(c2ccccc2)c2ccccc2)cc1. The van der Waals surface area contributed by atoms with Crippen molar-refractivity contribution in [2.75, 3.05) is 0 Å². The summed E-state index contributed by atoms with van der Waals surface area (Å²) in [5, 5.41) is 5.39. The van der Waals surface area contributed by atoms with Crippen LogP contribution in [0.1, 0.15) is 5.56 Å². The second kappa shape index (κ2) is 9.43. The van der Waals surface area contributed by atoms with Crippen molar-refractivity contribution in [3.63, 3.8) is 0 Å². The summed E-state index contributed by atoms with van der Waals surface area (Å²) in [6.45, 7) is 0. The molecule has 152 valence electrons. The molecule has 31 heavy (non-hydrogen) atoms. The normalized spacial score (nSPS) is 11.1. The molecule has 1 nitrogen and oxygen atoms in total. The van der Waals surface area contributed by atoms with Gasteiger partial charge in [-0.2, -0.15) is 0 Å². The van der Waals surface area contributed by atoms with Gasteiger partial charge in [0.15, 0.2) is 0 Å². The molecule has 0 amide bonds. The first kappa shape index (κ1) is 21.2. The van der Waals surface area contributed by atoms with Gasteiger partial charge in [-0.1, -0.05) is 72.8 Å². The number of rotatable bonds is 5. The van der Waals surface area contributed by atoms with Crippen molar-refractivity contribution in [2.24, 2.45) is 0 Å². The Morgan fingerprint density at radius 1 is 0.548 bits per heavy atom. The van der Waals surface area contributed by atoms with Gasteiger partial charge in [0.2, 0.25) is 0 Å². The summed E-state index contributed by atoms with van der Waals surface area (Å²) in [6, 6.07) is 43.7. The zero-order chi connectivity index (χ0) is 20.2. The second-order valence-corrected chi connectivity index (χ2v) is 11.0. The monoisotopic (exact) mass is 439 g/mol. The van der Waals surface area contributed by atoms with Gasteiger partial charge in [-0.3, -0.25) is 4.98 Å². The van der Waals surface area contributed by atoms with Crippen LogP contribution in [0.25, 0.3) is 10.9 Å². The maximum atomic E-state index is 4.76. The van der Waals surface area contributed by atoms with Gasteiger partial charge in [0, 0.05) is 17.1 Å². The summed E-state index contributed by atoms with van der Waals surface area (Å²) < 4.78 is 0. The predicted octanol–water partition coefficient (Wildman–Crippen LogP) is 2.73. The van der Waals surface area contributed by atoms with E-state index in [-0.39, 0.29) is 12.4 Å². The zero-order valence-electron chi connectivity index (χ0n) is 17.1. The smallest absolute Gasteiger partial charge is 0.116 e. The molecule has 0 aliphatic heterocycles. The lowest BCUT2D eigenvalue weighted by molar-refractivity contribution is -0.00000582. The molecular formula is C28H23ClNP. The topological polar surface area (TPSA) is 12.9 Å². The number of benzene rings is 4. The molecule has 0 bridgehead atoms. The molecule has 1 heterocycles. The molecule has 0 radical (unpaired) electrons. The third-order valence-corrected chi connectivity index (χ3v) is 10.0. The maximum Gasteiger partial charge on any atom is 0.116 e. The molecule has 0 N–H and O–H groups in total. The number of para-hydroxylation sites is 1. The molecule has 0 unspecified atom stereocenters. The number of pyridine rings is 1. The first-order valence-corrected chi connectivity index (χ1v) is 12.2. The lowest BCUT2D eigenvalue weighted by Gasteiger charge is -2.27. The van der Waals surface area contributed by atoms with Crippen LogP contribution in [0.15, 0.2) is 128 Å². The number of fused-ring (bicyclic) bond motifs is 1. The van der Waals surface area contributed by atoms with Crippen LogP contribution in [0.4, 0.5) is 0 Å². The van der Waals surface area contributed by atoms with E-state index in [1.54, 1.807) is 0 Å². The van der Waals surface area contributed by atoms with Crippen LogP contribution >= 0.6 is 7.26 Å². The van der Waals surface area contributed by atoms with E-state index in [4.69, 9.17) is 4.98 Å². The van der Waals surface area contributed by atoms with Gasteiger partial charge in [0.1, 0.15) is 23.2 Å². The van der Waals surface area contributed by atoms with E-state index in [9.17, 15) is 0 Å². The minimum atomic E-state index is -1.89. The molecule has 0 aliphatic rings. The number of hydrogen-bond acceptors (Lipinski definition) is 1. The molecule has 5 rings (SSSR count). The first-order valence-electron chi connectivity index (χ1n) is 10.2. The van der Waals surface area contributed by atoms with Crippen LogP contribution in [0.5, 0.6) is 0 Å². The Bertz CT molecular complexity index is 1160. The Kier molecular flexibility index (Phi) is 6.47. The number of aromatic nitrogens is 1. The Labute approximate surface area is 190 Å². The quantitative estimate of drug-likeness (QED) is 0.384. The van der Waals surface area contributed by atoms with Crippen LogP contribution in [0, 0.1) is 0 Å². The van der Waals surface area contributed by atoms with E-state index < -0.39 is 7.26 Å². The molecule has 0 saturated heterocycles. The average molecular weight is 440 g/mol. The van der Waals surface area contributed by atoms with Gasteiger partial charge in [-0.05, 0) is 48.5 Å². The Hall–Kier alpha value is -2.99. The van der Waals surface area contributed by atoms with Gasteiger partial charge >= 0.3 is 0 Å². The van der Waals surface area contributed by atoms with Crippen molar-refractivity contribution in [3.05, 3.63) is 133 Å². The molecule has 0 saturated carbocycles. The number of hydrogen-bond donors (Lipinski definition) is 0. The zero-order valence-corrected chi connectivity index (χ0v) is 18.8. The fraction of sp³-hybridized carbons (Fsp3) is 0.0357. The molecular weight excluding hydrogens is 417 g/mol. The third-order valence-electron chi connectivity index (χ3n) is 5.66. The largest absolute Gasteiger partial charge is 1.00 e. The predicted molar refractivity (Wildman–Crippen MR) is 131 cm³/mol. The summed E-state index contributed by atoms with van der Waals surface area (Å²) in [5.74, 6) is 0. The average Bonchev–Trinajstić information content (AvgIpc) is 2.84. The molecule has 3 heteroatoms. The summed E-state index contributed by atoms with van der Waals surface area (Å²) in [4.78, 5) is 4.76. The standard InChI is InChI=1S/C28H23NP.ClH/c1-4-13-25(14-5-1)30(26-15-6-2-7-16-26,27-17-8-3-9-18-27)22-23-20-24-12-10-11-19-28(24)29-21-23;/h1-21H,22H2;1H/q+1;/p-1. The molecule has 0 aliphatic carbocycles. The Balaban J connectivity index is 0.00000231. The van der Waals surface area contributed by atoms with Crippen molar-refractivity contribution < 1.29 is 12.4 Å². The first-order chi connectivity index (χ1) is 14.9. The van der Waals surface area contributed by atoms with Crippen molar-refractivity contribution >= 4 is 34.1 Å². The van der Waals surface area contributed by atoms with Crippen molar-refractivity contribution in [2.45, 2.75) is 6.16 Å². The fourth-order valence-electron chi connectivity index (χ4n) is 4.25. The third kappa shape index (κ3) is 4.12. The van der Waals surface area contributed by atoms with Gasteiger partial charge in [0.25, 0.3) is 0 Å². The molecule has 0 spiro atoms. The van der Waals surface area contributed by atoms with E-state index in [1.807, 2.05) is 6.07 Å². The number of halogens is 1. The summed E-state index contributed by atoms with van der Waals surface area (Å²) >= 11 is 0. The fourth-order valence-corrected chi connectivity index (χ4v) is 8.45. The van der Waals surface area contributed by atoms with Gasteiger partial charge < -0.3 is 12.4 Å². The van der Waals surface area contributed by atoms with Gasteiger partial charge in [-0.15, -0.1) is 0 Å².